The van der Waals surface area contributed by atoms with Crippen molar-refractivity contribution in [1.82, 2.24) is 20.1 Å². The van der Waals surface area contributed by atoms with Gasteiger partial charge in [-0.2, -0.15) is 0 Å². The van der Waals surface area contributed by atoms with Crippen LogP contribution in [-0.4, -0.2) is 43.4 Å². The van der Waals surface area contributed by atoms with Gasteiger partial charge in [-0.25, -0.2) is 4.79 Å². The molecular weight excluding hydrogens is 502 g/mol. The number of carbonyl (C=O) groups excluding carboxylic acids is 2. The largest absolute Gasteiger partial charge is 0.478 e. The smallest absolute Gasteiger partial charge is 0.335 e. The van der Waals surface area contributed by atoms with E-state index in [0.29, 0.717) is 33.8 Å². The third-order valence-electron chi connectivity index (χ3n) is 5.16. The second-order valence-corrected chi connectivity index (χ2v) is 9.48. The Morgan fingerprint density at radius 3 is 2.44 bits per heavy atom. The van der Waals surface area contributed by atoms with E-state index in [4.69, 9.17) is 16.7 Å². The van der Waals surface area contributed by atoms with E-state index in [0.717, 1.165) is 0 Å². The number of allylic oxidation sites excluding steroid dienone is 1. The molecule has 0 aliphatic rings. The van der Waals surface area contributed by atoms with Gasteiger partial charge in [-0.15, -0.1) is 16.8 Å². The van der Waals surface area contributed by atoms with Gasteiger partial charge < -0.3 is 20.3 Å². The molecule has 36 heavy (non-hydrogen) atoms. The monoisotopic (exact) mass is 527 g/mol. The molecular formula is C25H26ClN5O4S. The van der Waals surface area contributed by atoms with Gasteiger partial charge in [0.2, 0.25) is 5.91 Å². The van der Waals surface area contributed by atoms with Gasteiger partial charge in [0, 0.05) is 12.2 Å². The molecule has 1 atom stereocenters. The van der Waals surface area contributed by atoms with E-state index < -0.39 is 12.0 Å². The highest BCUT2D eigenvalue weighted by Crippen LogP contribution is 2.26. The lowest BCUT2D eigenvalue weighted by Gasteiger charge is -2.23. The number of nitrogens with zero attached hydrogens (tertiary/aromatic N) is 3. The number of benzene rings is 2. The van der Waals surface area contributed by atoms with E-state index in [1.165, 1.54) is 36.0 Å². The Bertz CT molecular complexity index is 1260. The number of rotatable bonds is 11. The van der Waals surface area contributed by atoms with Crippen molar-refractivity contribution < 1.29 is 19.5 Å². The first kappa shape index (κ1) is 27.0. The average molecular weight is 528 g/mol. The molecule has 0 aliphatic carbocycles. The van der Waals surface area contributed by atoms with Crippen LogP contribution in [0, 0.1) is 5.92 Å². The Morgan fingerprint density at radius 1 is 1.14 bits per heavy atom. The fraction of sp³-hybridized carbons (Fsp3) is 0.240. The summed E-state index contributed by atoms with van der Waals surface area (Å²) in [6.07, 6.45) is 1.69. The zero-order valence-electron chi connectivity index (χ0n) is 19.8. The SMILES string of the molecule is C=CCn1c(SCC(=O)Nc2ccc(C(=O)O)cc2)nnc1[C@H](NC(=O)c1ccccc1Cl)C(C)C. The van der Waals surface area contributed by atoms with Gasteiger partial charge in [0.1, 0.15) is 0 Å². The maximum Gasteiger partial charge on any atom is 0.335 e. The van der Waals surface area contributed by atoms with Gasteiger partial charge >= 0.3 is 5.97 Å². The molecule has 188 valence electrons. The van der Waals surface area contributed by atoms with E-state index in [1.54, 1.807) is 30.3 Å². The van der Waals surface area contributed by atoms with Crippen LogP contribution in [0.2, 0.25) is 5.02 Å². The van der Waals surface area contributed by atoms with Gasteiger partial charge in [0.05, 0.1) is 27.9 Å². The topological polar surface area (TPSA) is 126 Å². The van der Waals surface area contributed by atoms with Crippen LogP contribution in [0.15, 0.2) is 66.3 Å². The summed E-state index contributed by atoms with van der Waals surface area (Å²) in [6.45, 7) is 8.10. The number of carboxylic acid groups (broad SMARTS) is 1. The first-order valence-electron chi connectivity index (χ1n) is 11.1. The van der Waals surface area contributed by atoms with Crippen molar-refractivity contribution in [1.29, 1.82) is 0 Å². The number of hydrogen-bond acceptors (Lipinski definition) is 6. The van der Waals surface area contributed by atoms with Crippen molar-refractivity contribution in [2.45, 2.75) is 31.6 Å². The zero-order chi connectivity index (χ0) is 26.2. The second-order valence-electron chi connectivity index (χ2n) is 8.13. The predicted octanol–water partition coefficient (Wildman–Crippen LogP) is 4.67. The third-order valence-corrected chi connectivity index (χ3v) is 6.45. The molecule has 3 aromatic rings. The van der Waals surface area contributed by atoms with Crippen molar-refractivity contribution in [3.05, 3.63) is 83.2 Å². The molecule has 3 N–H and O–H groups in total. The molecule has 1 heterocycles. The van der Waals surface area contributed by atoms with E-state index in [1.807, 2.05) is 18.4 Å². The molecule has 11 heteroatoms. The summed E-state index contributed by atoms with van der Waals surface area (Å²) in [4.78, 5) is 36.3. The molecule has 2 amide bonds. The highest BCUT2D eigenvalue weighted by molar-refractivity contribution is 7.99. The molecule has 0 bridgehead atoms. The van der Waals surface area contributed by atoms with Gasteiger partial charge in [0.25, 0.3) is 5.91 Å². The standard InChI is InChI=1S/C25H26ClN5O4S/c1-4-13-31-22(21(15(2)3)28-23(33)18-7-5-6-8-19(18)26)29-30-25(31)36-14-20(32)27-17-11-9-16(10-12-17)24(34)35/h4-12,15,21H,1,13-14H2,2-3H3,(H,27,32)(H,28,33)(H,34,35)/t21-/m1/s1. The Hall–Kier alpha value is -3.63. The zero-order valence-corrected chi connectivity index (χ0v) is 21.3. The van der Waals surface area contributed by atoms with E-state index in [-0.39, 0.29) is 29.0 Å². The molecule has 2 aromatic carbocycles. The summed E-state index contributed by atoms with van der Waals surface area (Å²) in [5, 5.41) is 24.1. The Kier molecular flexibility index (Phi) is 9.26. The second kappa shape index (κ2) is 12.4. The summed E-state index contributed by atoms with van der Waals surface area (Å²) >= 11 is 7.38. The summed E-state index contributed by atoms with van der Waals surface area (Å²) in [7, 11) is 0. The number of carbonyl (C=O) groups is 3. The number of aromatic nitrogens is 3. The van der Waals surface area contributed by atoms with Gasteiger partial charge in [-0.3, -0.25) is 9.59 Å². The third kappa shape index (κ3) is 6.73. The van der Waals surface area contributed by atoms with Crippen LogP contribution < -0.4 is 10.6 Å². The Balaban J connectivity index is 1.73. The lowest BCUT2D eigenvalue weighted by Crippen LogP contribution is -2.34. The van der Waals surface area contributed by atoms with E-state index in [9.17, 15) is 14.4 Å². The molecule has 0 spiro atoms. The van der Waals surface area contributed by atoms with Crippen LogP contribution in [0.1, 0.15) is 46.4 Å². The van der Waals surface area contributed by atoms with Crippen LogP contribution in [-0.2, 0) is 11.3 Å². The minimum atomic E-state index is -1.04. The van der Waals surface area contributed by atoms with Crippen molar-refractivity contribution in [3.63, 3.8) is 0 Å². The number of hydrogen-bond donors (Lipinski definition) is 3. The van der Waals surface area contributed by atoms with Crippen molar-refractivity contribution in [2.75, 3.05) is 11.1 Å². The van der Waals surface area contributed by atoms with Crippen LogP contribution in [0.3, 0.4) is 0 Å². The molecule has 1 aromatic heterocycles. The maximum absolute atomic E-state index is 12.9. The normalized spacial score (nSPS) is 11.7. The lowest BCUT2D eigenvalue weighted by atomic mass is 10.0. The molecule has 3 rings (SSSR count). The Labute approximate surface area is 218 Å². The first-order valence-corrected chi connectivity index (χ1v) is 12.4. The fourth-order valence-corrected chi connectivity index (χ4v) is 4.33. The van der Waals surface area contributed by atoms with E-state index >= 15 is 0 Å². The first-order chi connectivity index (χ1) is 17.2. The number of aromatic carboxylic acids is 1. The number of amides is 2. The number of nitrogens with one attached hydrogen (secondary N) is 2. The molecule has 0 aliphatic heterocycles. The van der Waals surface area contributed by atoms with Crippen LogP contribution in [0.25, 0.3) is 0 Å². The fourth-order valence-electron chi connectivity index (χ4n) is 3.35. The van der Waals surface area contributed by atoms with Crippen LogP contribution in [0.5, 0.6) is 0 Å². The number of halogens is 1. The minimum absolute atomic E-state index is 0.0147. The molecule has 0 saturated heterocycles. The maximum atomic E-state index is 12.9. The number of anilines is 1. The molecule has 0 saturated carbocycles. The Morgan fingerprint density at radius 2 is 1.83 bits per heavy atom. The quantitative estimate of drug-likeness (QED) is 0.244. The number of carboxylic acids is 1. The molecule has 0 radical (unpaired) electrons. The van der Waals surface area contributed by atoms with Gasteiger partial charge in [-0.1, -0.05) is 55.4 Å². The number of thioether (sulfide) groups is 1. The molecule has 0 fully saturated rings. The molecule has 0 unspecified atom stereocenters. The van der Waals surface area contributed by atoms with E-state index in [2.05, 4.69) is 27.4 Å². The average Bonchev–Trinajstić information content (AvgIpc) is 3.23. The van der Waals surface area contributed by atoms with Gasteiger partial charge in [-0.05, 0) is 42.3 Å². The minimum Gasteiger partial charge on any atom is -0.478 e. The predicted molar refractivity (Wildman–Crippen MR) is 139 cm³/mol. The summed E-state index contributed by atoms with van der Waals surface area (Å²) in [5.74, 6) is -1.07. The van der Waals surface area contributed by atoms with Crippen LogP contribution in [0.4, 0.5) is 5.69 Å². The lowest BCUT2D eigenvalue weighted by molar-refractivity contribution is -0.113. The van der Waals surface area contributed by atoms with Gasteiger partial charge in [0.15, 0.2) is 11.0 Å². The van der Waals surface area contributed by atoms with Crippen molar-refractivity contribution >= 4 is 46.8 Å². The molecule has 9 nitrogen and oxygen atoms in total. The highest BCUT2D eigenvalue weighted by atomic mass is 35.5. The summed E-state index contributed by atoms with van der Waals surface area (Å²) in [6, 6.07) is 12.2. The summed E-state index contributed by atoms with van der Waals surface area (Å²) in [5.41, 5.74) is 0.983. The highest BCUT2D eigenvalue weighted by Gasteiger charge is 2.27. The van der Waals surface area contributed by atoms with Crippen molar-refractivity contribution in [2.24, 2.45) is 5.92 Å². The van der Waals surface area contributed by atoms with Crippen molar-refractivity contribution in [3.8, 4) is 0 Å². The summed E-state index contributed by atoms with van der Waals surface area (Å²) < 4.78 is 1.81. The van der Waals surface area contributed by atoms with Crippen LogP contribution >= 0.6 is 23.4 Å².